The van der Waals surface area contributed by atoms with Crippen LogP contribution in [0.4, 0.5) is 0 Å². The Balaban J connectivity index is 4.49. The predicted octanol–water partition coefficient (Wildman–Crippen LogP) is 0.116. The molecule has 3 atom stereocenters. The minimum Gasteiger partial charge on any atom is -0.386 e. The van der Waals surface area contributed by atoms with Gasteiger partial charge in [-0.3, -0.25) is 10.1 Å². The lowest BCUT2D eigenvalue weighted by atomic mass is 10.1. The van der Waals surface area contributed by atoms with Crippen LogP contribution >= 0.6 is 15.9 Å². The number of hydrogen-bond acceptors (Lipinski definition) is 4. The number of aliphatic hydroxyl groups is 2. The van der Waals surface area contributed by atoms with E-state index in [0.29, 0.717) is 0 Å². The summed E-state index contributed by atoms with van der Waals surface area (Å²) in [6.07, 6.45) is -1.20. The SMILES string of the molecule is C[C@H](O)[C@@H]([N+](=O)[O-])[C@](C)(O)Br. The van der Waals surface area contributed by atoms with Gasteiger partial charge in [0.05, 0.1) is 0 Å². The van der Waals surface area contributed by atoms with E-state index < -0.39 is 21.6 Å². The molecule has 0 heterocycles. The minimum absolute atomic E-state index is 0.723. The largest absolute Gasteiger partial charge is 0.386 e. The first-order chi connectivity index (χ1) is 4.76. The predicted molar refractivity (Wildman–Crippen MR) is 42.0 cm³/mol. The maximum Gasteiger partial charge on any atom is 0.275 e. The molecule has 0 aromatic carbocycles. The van der Waals surface area contributed by atoms with Crippen molar-refractivity contribution in [3.05, 3.63) is 10.1 Å². The molecule has 5 nitrogen and oxygen atoms in total. The topological polar surface area (TPSA) is 83.6 Å². The Kier molecular flexibility index (Phi) is 3.40. The first-order valence-electron chi connectivity index (χ1n) is 2.99. The Morgan fingerprint density at radius 3 is 2.09 bits per heavy atom. The van der Waals surface area contributed by atoms with Crippen LogP contribution in [0.3, 0.4) is 0 Å². The molecule has 0 radical (unpaired) electrons. The molecule has 0 aliphatic carbocycles. The summed E-state index contributed by atoms with van der Waals surface area (Å²) in [4.78, 5) is 9.52. The summed E-state index contributed by atoms with van der Waals surface area (Å²) in [7, 11) is 0. The van der Waals surface area contributed by atoms with Crippen molar-refractivity contribution in [2.45, 2.75) is 30.5 Å². The summed E-state index contributed by atoms with van der Waals surface area (Å²) in [5.74, 6) is 0. The molecular weight excluding hydrogens is 218 g/mol. The Labute approximate surface area is 72.3 Å². The highest BCUT2D eigenvalue weighted by Gasteiger charge is 2.42. The summed E-state index contributed by atoms with van der Waals surface area (Å²) >= 11 is 2.70. The van der Waals surface area contributed by atoms with Crippen LogP contribution in [-0.4, -0.2) is 31.8 Å². The van der Waals surface area contributed by atoms with Crippen molar-refractivity contribution >= 4 is 15.9 Å². The van der Waals surface area contributed by atoms with E-state index in [4.69, 9.17) is 10.2 Å². The third kappa shape index (κ3) is 3.13. The summed E-state index contributed by atoms with van der Waals surface area (Å²) in [5, 5.41) is 28.3. The van der Waals surface area contributed by atoms with Crippen LogP contribution in [-0.2, 0) is 0 Å². The molecule has 0 aromatic rings. The molecule has 2 N–H and O–H groups in total. The smallest absolute Gasteiger partial charge is 0.275 e. The second kappa shape index (κ2) is 3.46. The minimum atomic E-state index is -1.68. The molecule has 0 aliphatic rings. The maximum atomic E-state index is 10.2. The lowest BCUT2D eigenvalue weighted by molar-refractivity contribution is -0.547. The van der Waals surface area contributed by atoms with Gasteiger partial charge in [0.15, 0.2) is 4.51 Å². The average Bonchev–Trinajstić information content (AvgIpc) is 1.54. The van der Waals surface area contributed by atoms with Gasteiger partial charge in [0, 0.05) is 4.92 Å². The zero-order valence-electron chi connectivity index (χ0n) is 6.19. The van der Waals surface area contributed by atoms with E-state index in [1.54, 1.807) is 0 Å². The molecule has 0 amide bonds. The Bertz CT molecular complexity index is 153. The van der Waals surface area contributed by atoms with Crippen molar-refractivity contribution in [2.24, 2.45) is 0 Å². The first kappa shape index (κ1) is 10.8. The molecule has 0 aliphatic heterocycles. The molecule has 0 spiro atoms. The van der Waals surface area contributed by atoms with Crippen LogP contribution in [0.2, 0.25) is 0 Å². The third-order valence-corrected chi connectivity index (χ3v) is 1.69. The second-order valence-electron chi connectivity index (χ2n) is 2.49. The van der Waals surface area contributed by atoms with Gasteiger partial charge in [-0.1, -0.05) is 0 Å². The number of aliphatic hydroxyl groups excluding tert-OH is 1. The van der Waals surface area contributed by atoms with Gasteiger partial charge in [-0.05, 0) is 29.8 Å². The Hall–Kier alpha value is -0.200. The molecule has 0 saturated carbocycles. The Morgan fingerprint density at radius 1 is 1.73 bits per heavy atom. The van der Waals surface area contributed by atoms with Gasteiger partial charge < -0.3 is 10.2 Å². The van der Waals surface area contributed by atoms with E-state index >= 15 is 0 Å². The van der Waals surface area contributed by atoms with Crippen molar-refractivity contribution in [1.29, 1.82) is 0 Å². The van der Waals surface area contributed by atoms with Gasteiger partial charge in [0.25, 0.3) is 6.04 Å². The van der Waals surface area contributed by atoms with E-state index in [2.05, 4.69) is 15.9 Å². The van der Waals surface area contributed by atoms with Crippen molar-refractivity contribution in [2.75, 3.05) is 0 Å². The lowest BCUT2D eigenvalue weighted by Gasteiger charge is -2.21. The highest BCUT2D eigenvalue weighted by Crippen LogP contribution is 2.22. The average molecular weight is 228 g/mol. The van der Waals surface area contributed by atoms with E-state index in [0.717, 1.165) is 0 Å². The van der Waals surface area contributed by atoms with E-state index in [-0.39, 0.29) is 0 Å². The van der Waals surface area contributed by atoms with Crippen molar-refractivity contribution in [3.63, 3.8) is 0 Å². The number of nitro groups is 1. The molecule has 0 bridgehead atoms. The molecule has 0 aromatic heterocycles. The molecular formula is C5H10BrNO4. The van der Waals surface area contributed by atoms with Crippen LogP contribution in [0.1, 0.15) is 13.8 Å². The highest BCUT2D eigenvalue weighted by atomic mass is 79.9. The number of hydrogen-bond donors (Lipinski definition) is 2. The quantitative estimate of drug-likeness (QED) is 0.408. The van der Waals surface area contributed by atoms with E-state index in [1.165, 1.54) is 13.8 Å². The standard InChI is InChI=1S/C5H10BrNO4/c1-3(8)4(7(10)11)5(2,6)9/h3-4,8-9H,1-2H3/t3-,4+,5-/m0/s1. The summed E-state index contributed by atoms with van der Waals surface area (Å²) in [6, 6.07) is -1.41. The fraction of sp³-hybridized carbons (Fsp3) is 1.00. The van der Waals surface area contributed by atoms with E-state index in [1.807, 2.05) is 0 Å². The van der Waals surface area contributed by atoms with Crippen LogP contribution in [0.15, 0.2) is 0 Å². The monoisotopic (exact) mass is 227 g/mol. The molecule has 11 heavy (non-hydrogen) atoms. The van der Waals surface area contributed by atoms with Crippen molar-refractivity contribution in [1.82, 2.24) is 0 Å². The van der Waals surface area contributed by atoms with Gasteiger partial charge in [-0.25, -0.2) is 0 Å². The number of nitrogens with zero attached hydrogens (tertiary/aromatic N) is 1. The number of halogens is 1. The molecule has 6 heteroatoms. The highest BCUT2D eigenvalue weighted by molar-refractivity contribution is 9.10. The summed E-state index contributed by atoms with van der Waals surface area (Å²) in [5.41, 5.74) is 0. The van der Waals surface area contributed by atoms with Crippen LogP contribution in [0, 0.1) is 10.1 Å². The van der Waals surface area contributed by atoms with Crippen LogP contribution in [0.25, 0.3) is 0 Å². The van der Waals surface area contributed by atoms with Gasteiger partial charge >= 0.3 is 0 Å². The normalized spacial score (nSPS) is 21.9. The zero-order valence-corrected chi connectivity index (χ0v) is 7.78. The van der Waals surface area contributed by atoms with Crippen LogP contribution in [0.5, 0.6) is 0 Å². The molecule has 0 saturated heterocycles. The number of rotatable bonds is 3. The van der Waals surface area contributed by atoms with Gasteiger partial charge in [-0.2, -0.15) is 0 Å². The fourth-order valence-electron chi connectivity index (χ4n) is 0.809. The zero-order chi connectivity index (χ0) is 9.23. The first-order valence-corrected chi connectivity index (χ1v) is 3.79. The third-order valence-electron chi connectivity index (χ3n) is 1.22. The van der Waals surface area contributed by atoms with Crippen molar-refractivity contribution < 1.29 is 15.1 Å². The Morgan fingerprint density at radius 2 is 2.09 bits per heavy atom. The maximum absolute atomic E-state index is 10.2. The molecule has 0 unspecified atom stereocenters. The summed E-state index contributed by atoms with van der Waals surface area (Å²) in [6.45, 7) is 2.47. The van der Waals surface area contributed by atoms with Gasteiger partial charge in [0.1, 0.15) is 6.10 Å². The summed E-state index contributed by atoms with van der Waals surface area (Å²) < 4.78 is -1.68. The number of alkyl halides is 1. The van der Waals surface area contributed by atoms with Crippen LogP contribution < -0.4 is 0 Å². The van der Waals surface area contributed by atoms with Crippen molar-refractivity contribution in [3.8, 4) is 0 Å². The lowest BCUT2D eigenvalue weighted by Crippen LogP contribution is -2.46. The molecule has 0 fully saturated rings. The van der Waals surface area contributed by atoms with Gasteiger partial charge in [-0.15, -0.1) is 0 Å². The second-order valence-corrected chi connectivity index (χ2v) is 4.10. The molecule has 66 valence electrons. The molecule has 0 rings (SSSR count). The van der Waals surface area contributed by atoms with Gasteiger partial charge in [0.2, 0.25) is 0 Å². The van der Waals surface area contributed by atoms with E-state index in [9.17, 15) is 10.1 Å². The fourth-order valence-corrected chi connectivity index (χ4v) is 1.36.